The average Bonchev–Trinajstić information content (AvgIpc) is 3.72. The van der Waals surface area contributed by atoms with Gasteiger partial charge in [-0.2, -0.15) is 0 Å². The number of imidazole rings is 1. The van der Waals surface area contributed by atoms with Crippen LogP contribution in [0.5, 0.6) is 5.75 Å². The molecule has 0 amide bonds. The molecule has 0 atom stereocenters. The van der Waals surface area contributed by atoms with E-state index >= 15 is 0 Å². The zero-order valence-electron chi connectivity index (χ0n) is 34.3. The average molecular weight is 980 g/mol. The Morgan fingerprint density at radius 2 is 1.06 bits per heavy atom. The minimum Gasteiger partial charge on any atom is -0.507 e. The number of pyridine rings is 1. The van der Waals surface area contributed by atoms with E-state index in [1.54, 1.807) is 6.07 Å². The Kier molecular flexibility index (Phi) is 11.1. The van der Waals surface area contributed by atoms with Gasteiger partial charge in [0, 0.05) is 43.9 Å². The second-order valence-corrected chi connectivity index (χ2v) is 15.9. The molecule has 1 N–H and O–H groups in total. The Labute approximate surface area is 377 Å². The Hall–Kier alpha value is -7.13. The van der Waals surface area contributed by atoms with Gasteiger partial charge >= 0.3 is 0 Å². The molecule has 2 aromatic heterocycles. The molecule has 5 heteroatoms. The molecule has 0 bridgehead atoms. The van der Waals surface area contributed by atoms with Crippen LogP contribution in [0, 0.1) is 6.07 Å². The fourth-order valence-corrected chi connectivity index (χ4v) is 8.42. The van der Waals surface area contributed by atoms with Crippen LogP contribution < -0.4 is 0 Å². The van der Waals surface area contributed by atoms with E-state index in [0.717, 1.165) is 78.0 Å². The van der Waals surface area contributed by atoms with Crippen molar-refractivity contribution < 1.29 is 26.2 Å². The van der Waals surface area contributed by atoms with Gasteiger partial charge in [-0.15, -0.1) is 29.3 Å². The molecule has 0 aliphatic heterocycles. The summed E-state index contributed by atoms with van der Waals surface area (Å²) in [7, 11) is 0. The zero-order valence-corrected chi connectivity index (χ0v) is 36.6. The standard InChI is InChI=1S/C57H42N3O.Pt/c1-57(2,46-24-13-6-14-25-46)47-35-44(34-45(36-47)51-38-43(32-33-58-51)40-20-9-4-10-21-40)48-27-17-28-53-55(48)59-56(49-26-15-16-29-54(49)61)60(53)52-31-30-42(39-18-7-3-8-19-39)37-50(52)41-22-11-5-12-23-41;/h3-33,35-38,61H,1-2H3;/q-1;. The van der Waals surface area contributed by atoms with Crippen molar-refractivity contribution in [1.82, 2.24) is 14.5 Å². The fraction of sp³-hybridized carbons (Fsp3) is 0.0526. The van der Waals surface area contributed by atoms with Crippen molar-refractivity contribution in [2.24, 2.45) is 0 Å². The van der Waals surface area contributed by atoms with Crippen LogP contribution in [0.2, 0.25) is 0 Å². The van der Waals surface area contributed by atoms with Crippen LogP contribution in [0.15, 0.2) is 212 Å². The van der Waals surface area contributed by atoms with Crippen LogP contribution in [-0.2, 0) is 26.5 Å². The van der Waals surface area contributed by atoms with Crippen LogP contribution in [0.4, 0.5) is 0 Å². The monoisotopic (exact) mass is 979 g/mol. The van der Waals surface area contributed by atoms with Gasteiger partial charge in [-0.05, 0) is 69.8 Å². The number of benzene rings is 8. The third kappa shape index (κ3) is 7.59. The summed E-state index contributed by atoms with van der Waals surface area (Å²) in [4.78, 5) is 10.4. The van der Waals surface area contributed by atoms with Crippen LogP contribution in [0.3, 0.4) is 0 Å². The van der Waals surface area contributed by atoms with Gasteiger partial charge in [0.15, 0.2) is 0 Å². The first-order valence-electron chi connectivity index (χ1n) is 20.6. The van der Waals surface area contributed by atoms with E-state index in [1.165, 1.54) is 5.56 Å². The van der Waals surface area contributed by atoms with Crippen molar-refractivity contribution in [2.75, 3.05) is 0 Å². The van der Waals surface area contributed by atoms with E-state index in [1.807, 2.05) is 42.6 Å². The van der Waals surface area contributed by atoms with Gasteiger partial charge in [0.1, 0.15) is 11.6 Å². The summed E-state index contributed by atoms with van der Waals surface area (Å²) >= 11 is 0. The Morgan fingerprint density at radius 1 is 0.484 bits per heavy atom. The molecular weight excluding hydrogens is 938 g/mol. The van der Waals surface area contributed by atoms with Crippen molar-refractivity contribution in [3.8, 4) is 78.6 Å². The molecule has 0 radical (unpaired) electrons. The summed E-state index contributed by atoms with van der Waals surface area (Å²) in [6, 6.07) is 75.0. The zero-order chi connectivity index (χ0) is 41.3. The number of hydrogen-bond donors (Lipinski definition) is 1. The van der Waals surface area contributed by atoms with Crippen LogP contribution in [0.25, 0.3) is 83.9 Å². The topological polar surface area (TPSA) is 50.9 Å². The van der Waals surface area contributed by atoms with Gasteiger partial charge in [-0.25, -0.2) is 4.98 Å². The molecule has 10 aromatic rings. The largest absolute Gasteiger partial charge is 0.507 e. The van der Waals surface area contributed by atoms with Crippen molar-refractivity contribution in [3.63, 3.8) is 0 Å². The third-order valence-electron chi connectivity index (χ3n) is 11.8. The van der Waals surface area contributed by atoms with Gasteiger partial charge in [0.05, 0.1) is 22.3 Å². The quantitative estimate of drug-likeness (QED) is 0.147. The van der Waals surface area contributed by atoms with Crippen molar-refractivity contribution in [2.45, 2.75) is 19.3 Å². The van der Waals surface area contributed by atoms with E-state index in [9.17, 15) is 5.11 Å². The van der Waals surface area contributed by atoms with Gasteiger partial charge < -0.3 is 5.11 Å². The molecule has 62 heavy (non-hydrogen) atoms. The first kappa shape index (κ1) is 40.3. The normalized spacial score (nSPS) is 11.3. The second kappa shape index (κ2) is 17.1. The molecule has 10 rings (SSSR count). The fourth-order valence-electron chi connectivity index (χ4n) is 8.42. The minimum atomic E-state index is -0.351. The maximum absolute atomic E-state index is 11.5. The van der Waals surface area contributed by atoms with Crippen molar-refractivity contribution in [3.05, 3.63) is 230 Å². The Morgan fingerprint density at radius 3 is 1.74 bits per heavy atom. The summed E-state index contributed by atoms with van der Waals surface area (Å²) < 4.78 is 2.20. The maximum Gasteiger partial charge on any atom is 0.148 e. The number of fused-ring (bicyclic) bond motifs is 1. The SMILES string of the molecule is CC(C)(c1ccccc1)c1cc(-c2cc(-c3ccccc3)ccn2)[c-]c(-c2cccc3c2nc(-c2ccccc2O)n3-c2ccc(-c3ccccc3)cc2-c2ccccc2)c1.[Pt]. The van der Waals surface area contributed by atoms with E-state index in [2.05, 4.69) is 188 Å². The van der Waals surface area contributed by atoms with E-state index < -0.39 is 0 Å². The maximum atomic E-state index is 11.5. The molecule has 0 fully saturated rings. The molecule has 4 nitrogen and oxygen atoms in total. The molecule has 0 spiro atoms. The summed E-state index contributed by atoms with van der Waals surface area (Å²) in [5.74, 6) is 0.802. The third-order valence-corrected chi connectivity index (χ3v) is 11.8. The number of phenols is 1. The predicted octanol–water partition coefficient (Wildman–Crippen LogP) is 14.3. The molecular formula is C57H42N3OPt-. The second-order valence-electron chi connectivity index (χ2n) is 15.9. The first-order chi connectivity index (χ1) is 29.9. The van der Waals surface area contributed by atoms with E-state index in [-0.39, 0.29) is 32.2 Å². The van der Waals surface area contributed by atoms with Gasteiger partial charge in [0.25, 0.3) is 0 Å². The number of hydrogen-bond acceptors (Lipinski definition) is 3. The smallest absolute Gasteiger partial charge is 0.148 e. The summed E-state index contributed by atoms with van der Waals surface area (Å²) in [5, 5.41) is 11.5. The molecule has 0 aliphatic rings. The number of aromatic hydroxyl groups is 1. The number of nitrogens with zero attached hydrogens (tertiary/aromatic N) is 3. The Bertz CT molecular complexity index is 3160. The minimum absolute atomic E-state index is 0. The molecule has 8 aromatic carbocycles. The number of para-hydroxylation sites is 2. The number of phenolic OH excluding ortho intramolecular Hbond substituents is 1. The molecule has 302 valence electrons. The molecule has 0 saturated heterocycles. The van der Waals surface area contributed by atoms with Crippen LogP contribution >= 0.6 is 0 Å². The number of aromatic nitrogens is 3. The van der Waals surface area contributed by atoms with Crippen LogP contribution in [-0.4, -0.2) is 19.6 Å². The summed E-state index contributed by atoms with van der Waals surface area (Å²) in [6.07, 6.45) is 1.88. The number of rotatable bonds is 9. The van der Waals surface area contributed by atoms with E-state index in [4.69, 9.17) is 9.97 Å². The first-order valence-corrected chi connectivity index (χ1v) is 20.6. The summed E-state index contributed by atoms with van der Waals surface area (Å²) in [6.45, 7) is 4.55. The molecule has 2 heterocycles. The molecule has 0 aliphatic carbocycles. The van der Waals surface area contributed by atoms with Crippen molar-refractivity contribution in [1.29, 1.82) is 0 Å². The van der Waals surface area contributed by atoms with Gasteiger partial charge in [-0.3, -0.25) is 9.55 Å². The Balaban J connectivity index is 0.00000490. The van der Waals surface area contributed by atoms with Crippen LogP contribution in [0.1, 0.15) is 25.0 Å². The van der Waals surface area contributed by atoms with Gasteiger partial charge in [0.2, 0.25) is 0 Å². The predicted molar refractivity (Wildman–Crippen MR) is 251 cm³/mol. The summed E-state index contributed by atoms with van der Waals surface area (Å²) in [5.41, 5.74) is 15.5. The van der Waals surface area contributed by atoms with Crippen molar-refractivity contribution >= 4 is 11.0 Å². The molecule has 0 unspecified atom stereocenters. The van der Waals surface area contributed by atoms with Gasteiger partial charge in [-0.1, -0.05) is 183 Å². The van der Waals surface area contributed by atoms with E-state index in [0.29, 0.717) is 11.4 Å². The molecule has 0 saturated carbocycles.